The number of aromatic carboxylic acids is 1. The summed E-state index contributed by atoms with van der Waals surface area (Å²) in [6.45, 7) is 6.59. The van der Waals surface area contributed by atoms with Crippen molar-refractivity contribution in [2.75, 3.05) is 19.6 Å². The van der Waals surface area contributed by atoms with Crippen molar-refractivity contribution < 1.29 is 14.7 Å². The maximum absolute atomic E-state index is 11.9. The van der Waals surface area contributed by atoms with E-state index >= 15 is 0 Å². The first-order valence-corrected chi connectivity index (χ1v) is 6.54. The van der Waals surface area contributed by atoms with Gasteiger partial charge in [-0.25, -0.2) is 14.3 Å². The van der Waals surface area contributed by atoms with Crippen molar-refractivity contribution in [3.8, 4) is 0 Å². The smallest absolute Gasteiger partial charge is 0.358 e. The van der Waals surface area contributed by atoms with E-state index in [2.05, 4.69) is 29.5 Å². The first-order chi connectivity index (χ1) is 9.37. The summed E-state index contributed by atoms with van der Waals surface area (Å²) in [6, 6.07) is -0.0888. The zero-order chi connectivity index (χ0) is 14.8. The van der Waals surface area contributed by atoms with Gasteiger partial charge >= 0.3 is 12.0 Å². The Bertz CT molecular complexity index is 511. The molecule has 2 N–H and O–H groups in total. The molecule has 0 aliphatic carbocycles. The van der Waals surface area contributed by atoms with Crippen LogP contribution in [-0.4, -0.2) is 56.6 Å². The van der Waals surface area contributed by atoms with Crippen molar-refractivity contribution in [1.29, 1.82) is 0 Å². The Kier molecular flexibility index (Phi) is 3.91. The van der Waals surface area contributed by atoms with E-state index in [-0.39, 0.29) is 17.1 Å². The minimum absolute atomic E-state index is 0.0888. The van der Waals surface area contributed by atoms with Crippen LogP contribution < -0.4 is 5.32 Å². The number of hydrogen-bond donors (Lipinski definition) is 2. The van der Waals surface area contributed by atoms with Crippen molar-refractivity contribution in [2.24, 2.45) is 5.41 Å². The number of carboxylic acids is 1. The van der Waals surface area contributed by atoms with E-state index in [4.69, 9.17) is 5.11 Å². The third-order valence-electron chi connectivity index (χ3n) is 3.34. The van der Waals surface area contributed by atoms with E-state index in [1.54, 1.807) is 4.90 Å². The highest BCUT2D eigenvalue weighted by atomic mass is 16.4. The van der Waals surface area contributed by atoms with Crippen LogP contribution in [0.4, 0.5) is 4.79 Å². The lowest BCUT2D eigenvalue weighted by Crippen LogP contribution is -2.40. The Morgan fingerprint density at radius 2 is 2.25 bits per heavy atom. The van der Waals surface area contributed by atoms with Crippen molar-refractivity contribution in [3.63, 3.8) is 0 Å². The molecule has 1 fully saturated rings. The first kappa shape index (κ1) is 14.3. The van der Waals surface area contributed by atoms with Gasteiger partial charge in [-0.05, 0) is 11.8 Å². The number of urea groups is 1. The molecule has 0 bridgehead atoms. The van der Waals surface area contributed by atoms with Crippen LogP contribution >= 0.6 is 0 Å². The van der Waals surface area contributed by atoms with Crippen LogP contribution in [-0.2, 0) is 6.54 Å². The van der Waals surface area contributed by atoms with Gasteiger partial charge in [0.05, 0.1) is 12.7 Å². The minimum atomic E-state index is -1.11. The number of nitrogens with zero attached hydrogens (tertiary/aromatic N) is 4. The van der Waals surface area contributed by atoms with Gasteiger partial charge in [-0.3, -0.25) is 0 Å². The molecule has 8 heteroatoms. The van der Waals surface area contributed by atoms with Gasteiger partial charge in [0, 0.05) is 19.6 Å². The fraction of sp³-hybridized carbons (Fsp3) is 0.667. The second kappa shape index (κ2) is 5.48. The predicted octanol–water partition coefficient (Wildman–Crippen LogP) is 0.418. The van der Waals surface area contributed by atoms with Gasteiger partial charge in [0.15, 0.2) is 5.69 Å². The van der Waals surface area contributed by atoms with Crippen LogP contribution in [0.5, 0.6) is 0 Å². The zero-order valence-corrected chi connectivity index (χ0v) is 11.7. The molecule has 0 saturated carbocycles. The maximum atomic E-state index is 11.9. The molecule has 0 atom stereocenters. The molecule has 2 heterocycles. The van der Waals surface area contributed by atoms with Crippen LogP contribution in [0.1, 0.15) is 30.8 Å². The third-order valence-corrected chi connectivity index (χ3v) is 3.34. The molecular weight excluding hydrogens is 262 g/mol. The molecular formula is C12H19N5O3. The summed E-state index contributed by atoms with van der Waals surface area (Å²) in [5.41, 5.74) is 0.0808. The van der Waals surface area contributed by atoms with E-state index in [9.17, 15) is 9.59 Å². The minimum Gasteiger partial charge on any atom is -0.476 e. The van der Waals surface area contributed by atoms with Gasteiger partial charge in [-0.2, -0.15) is 0 Å². The molecule has 0 aromatic carbocycles. The monoisotopic (exact) mass is 281 g/mol. The van der Waals surface area contributed by atoms with E-state index in [0.29, 0.717) is 13.1 Å². The Hall–Kier alpha value is -2.12. The number of amides is 2. The quantitative estimate of drug-likeness (QED) is 0.833. The normalized spacial score (nSPS) is 17.2. The number of hydrogen-bond acceptors (Lipinski definition) is 4. The van der Waals surface area contributed by atoms with Crippen molar-refractivity contribution in [3.05, 3.63) is 11.9 Å². The average molecular weight is 281 g/mol. The summed E-state index contributed by atoms with van der Waals surface area (Å²) in [7, 11) is 0. The number of nitrogens with one attached hydrogen (secondary N) is 1. The standard InChI is InChI=1S/C12H19N5O3/c1-12(2)3-5-16(8-12)11(20)13-4-6-17-7-9(10(18)19)14-15-17/h7H,3-6,8H2,1-2H3,(H,13,20)(H,18,19). The summed E-state index contributed by atoms with van der Waals surface area (Å²) in [6.07, 6.45) is 2.35. The van der Waals surface area contributed by atoms with Crippen molar-refractivity contribution in [1.82, 2.24) is 25.2 Å². The van der Waals surface area contributed by atoms with Crippen LogP contribution in [0.2, 0.25) is 0 Å². The van der Waals surface area contributed by atoms with Crippen molar-refractivity contribution in [2.45, 2.75) is 26.8 Å². The SMILES string of the molecule is CC1(C)CCN(C(=O)NCCn2cc(C(=O)O)nn2)C1. The number of carbonyl (C=O) groups is 2. The second-order valence-corrected chi connectivity index (χ2v) is 5.74. The maximum Gasteiger partial charge on any atom is 0.358 e. The zero-order valence-electron chi connectivity index (χ0n) is 11.7. The molecule has 2 amide bonds. The highest BCUT2D eigenvalue weighted by molar-refractivity contribution is 5.84. The van der Waals surface area contributed by atoms with Gasteiger partial charge in [-0.15, -0.1) is 5.10 Å². The Labute approximate surface area is 116 Å². The molecule has 0 radical (unpaired) electrons. The van der Waals surface area contributed by atoms with E-state index in [0.717, 1.165) is 19.5 Å². The average Bonchev–Trinajstić information content (AvgIpc) is 2.95. The van der Waals surface area contributed by atoms with E-state index < -0.39 is 5.97 Å². The number of carboxylic acid groups (broad SMARTS) is 1. The molecule has 110 valence electrons. The number of rotatable bonds is 4. The van der Waals surface area contributed by atoms with Gasteiger partial charge in [0.1, 0.15) is 0 Å². The number of aromatic nitrogens is 3. The lowest BCUT2D eigenvalue weighted by molar-refractivity contribution is 0.0690. The van der Waals surface area contributed by atoms with Crippen LogP contribution in [0.15, 0.2) is 6.20 Å². The van der Waals surface area contributed by atoms with Gasteiger partial charge in [0.2, 0.25) is 0 Å². The van der Waals surface area contributed by atoms with Crippen LogP contribution in [0, 0.1) is 5.41 Å². The Morgan fingerprint density at radius 1 is 1.50 bits per heavy atom. The fourth-order valence-corrected chi connectivity index (χ4v) is 2.18. The van der Waals surface area contributed by atoms with E-state index in [1.807, 2.05) is 0 Å². The molecule has 8 nitrogen and oxygen atoms in total. The molecule has 1 aromatic rings. The molecule has 1 saturated heterocycles. The second-order valence-electron chi connectivity index (χ2n) is 5.74. The largest absolute Gasteiger partial charge is 0.476 e. The lowest BCUT2D eigenvalue weighted by Gasteiger charge is -2.20. The van der Waals surface area contributed by atoms with Crippen LogP contribution in [0.3, 0.4) is 0 Å². The van der Waals surface area contributed by atoms with Gasteiger partial charge in [0.25, 0.3) is 0 Å². The first-order valence-electron chi connectivity index (χ1n) is 6.54. The molecule has 1 aromatic heterocycles. The lowest BCUT2D eigenvalue weighted by atomic mass is 9.93. The highest BCUT2D eigenvalue weighted by Gasteiger charge is 2.31. The summed E-state index contributed by atoms with van der Waals surface area (Å²) < 4.78 is 1.40. The molecule has 0 spiro atoms. The Morgan fingerprint density at radius 3 is 2.80 bits per heavy atom. The predicted molar refractivity (Wildman–Crippen MR) is 70.4 cm³/mol. The van der Waals surface area contributed by atoms with Gasteiger partial charge in [-0.1, -0.05) is 19.1 Å². The highest BCUT2D eigenvalue weighted by Crippen LogP contribution is 2.28. The van der Waals surface area contributed by atoms with Crippen molar-refractivity contribution >= 4 is 12.0 Å². The molecule has 0 unspecified atom stereocenters. The summed E-state index contributed by atoms with van der Waals surface area (Å²) in [5, 5.41) is 18.7. The van der Waals surface area contributed by atoms with Gasteiger partial charge < -0.3 is 15.3 Å². The molecule has 1 aliphatic heterocycles. The molecule has 1 aliphatic rings. The summed E-state index contributed by atoms with van der Waals surface area (Å²) in [4.78, 5) is 24.3. The van der Waals surface area contributed by atoms with E-state index in [1.165, 1.54) is 10.9 Å². The summed E-state index contributed by atoms with van der Waals surface area (Å²) in [5.74, 6) is -1.11. The topological polar surface area (TPSA) is 100 Å². The summed E-state index contributed by atoms with van der Waals surface area (Å²) >= 11 is 0. The Balaban J connectivity index is 1.75. The third kappa shape index (κ3) is 3.46. The molecule has 20 heavy (non-hydrogen) atoms. The number of carbonyl (C=O) groups excluding carboxylic acids is 1. The fourth-order valence-electron chi connectivity index (χ4n) is 2.18. The number of likely N-dealkylation sites (tertiary alicyclic amines) is 1. The molecule has 2 rings (SSSR count). The van der Waals surface area contributed by atoms with Crippen LogP contribution in [0.25, 0.3) is 0 Å².